The van der Waals surface area contributed by atoms with Gasteiger partial charge in [0, 0.05) is 6.54 Å². The molecule has 0 fully saturated rings. The van der Waals surface area contributed by atoms with Crippen molar-refractivity contribution in [2.45, 2.75) is 46.3 Å². The summed E-state index contributed by atoms with van der Waals surface area (Å²) in [7, 11) is -3.63. The van der Waals surface area contributed by atoms with Crippen LogP contribution in [0.5, 0.6) is 5.75 Å². The predicted octanol–water partition coefficient (Wildman–Crippen LogP) is 1.89. The van der Waals surface area contributed by atoms with E-state index in [-0.39, 0.29) is 18.0 Å². The first-order valence-electron chi connectivity index (χ1n) is 9.79. The first kappa shape index (κ1) is 27.2. The maximum Gasteiger partial charge on any atom is 0.514 e. The highest BCUT2D eigenvalue weighted by Gasteiger charge is 2.21. The Balaban J connectivity index is 2.28. The third-order valence-corrected chi connectivity index (χ3v) is 5.30. The van der Waals surface area contributed by atoms with Gasteiger partial charge in [-0.3, -0.25) is 9.63 Å². The summed E-state index contributed by atoms with van der Waals surface area (Å²) in [4.78, 5) is 39.5. The molecular formula is C20H30N2O9S. The van der Waals surface area contributed by atoms with E-state index in [1.165, 1.54) is 6.92 Å². The van der Waals surface area contributed by atoms with Crippen LogP contribution in [0.25, 0.3) is 0 Å². The summed E-state index contributed by atoms with van der Waals surface area (Å²) in [5.41, 5.74) is 2.21. The summed E-state index contributed by atoms with van der Waals surface area (Å²) in [5, 5.41) is 2.34. The van der Waals surface area contributed by atoms with Crippen LogP contribution in [0.3, 0.4) is 0 Å². The smallest absolute Gasteiger partial charge is 0.442 e. The van der Waals surface area contributed by atoms with E-state index in [4.69, 9.17) is 19.0 Å². The van der Waals surface area contributed by atoms with E-state index in [0.717, 1.165) is 5.56 Å². The number of rotatable bonds is 10. The van der Waals surface area contributed by atoms with E-state index in [2.05, 4.69) is 5.32 Å². The van der Waals surface area contributed by atoms with Gasteiger partial charge >= 0.3 is 12.2 Å². The summed E-state index contributed by atoms with van der Waals surface area (Å²) in [6.45, 7) is 7.59. The van der Waals surface area contributed by atoms with Gasteiger partial charge in [-0.25, -0.2) is 18.0 Å². The zero-order valence-corrected chi connectivity index (χ0v) is 19.6. The lowest BCUT2D eigenvalue weighted by molar-refractivity contribution is -0.127. The topological polar surface area (TPSA) is 146 Å². The lowest BCUT2D eigenvalue weighted by Crippen LogP contribution is -2.38. The molecule has 180 valence electrons. The van der Waals surface area contributed by atoms with Crippen molar-refractivity contribution in [3.8, 4) is 5.75 Å². The molecule has 2 amide bonds. The Morgan fingerprint density at radius 3 is 2.31 bits per heavy atom. The molecule has 0 saturated heterocycles. The van der Waals surface area contributed by atoms with Gasteiger partial charge in [-0.15, -0.1) is 0 Å². The fraction of sp³-hybridized carbons (Fsp3) is 0.550. The van der Waals surface area contributed by atoms with Gasteiger partial charge in [-0.1, -0.05) is 17.7 Å². The SMILES string of the molecule is Cc1ccc(OC(=O)OC(C)CS(=O)(=O)CCNC(=O)CONC(=O)OC(C)(C)C)cc1. The van der Waals surface area contributed by atoms with E-state index in [9.17, 15) is 22.8 Å². The van der Waals surface area contributed by atoms with Gasteiger partial charge in [0.05, 0.1) is 11.5 Å². The fourth-order valence-corrected chi connectivity index (χ4v) is 3.59. The molecule has 0 heterocycles. The van der Waals surface area contributed by atoms with Gasteiger partial charge in [0.25, 0.3) is 0 Å². The second-order valence-electron chi connectivity index (χ2n) is 7.95. The molecule has 2 N–H and O–H groups in total. The average Bonchev–Trinajstić information content (AvgIpc) is 2.61. The predicted molar refractivity (Wildman–Crippen MR) is 115 cm³/mol. The Morgan fingerprint density at radius 2 is 1.72 bits per heavy atom. The summed E-state index contributed by atoms with van der Waals surface area (Å²) < 4.78 is 39.2. The zero-order chi connectivity index (χ0) is 24.4. The number of hydrogen-bond donors (Lipinski definition) is 2. The normalized spacial score (nSPS) is 12.4. The Labute approximate surface area is 187 Å². The number of ether oxygens (including phenoxy) is 3. The molecule has 0 spiro atoms. The highest BCUT2D eigenvalue weighted by molar-refractivity contribution is 7.91. The van der Waals surface area contributed by atoms with E-state index in [0.29, 0.717) is 0 Å². The Hall–Kier alpha value is -2.86. The summed E-state index contributed by atoms with van der Waals surface area (Å²) in [6, 6.07) is 6.69. The maximum absolute atomic E-state index is 12.1. The van der Waals surface area contributed by atoms with Crippen LogP contribution < -0.4 is 15.5 Å². The van der Waals surface area contributed by atoms with Crippen LogP contribution in [-0.4, -0.2) is 62.9 Å². The molecule has 1 atom stereocenters. The van der Waals surface area contributed by atoms with E-state index in [1.807, 2.05) is 12.4 Å². The number of sulfone groups is 1. The summed E-state index contributed by atoms with van der Waals surface area (Å²) in [6.07, 6.45) is -2.82. The van der Waals surface area contributed by atoms with Gasteiger partial charge in [-0.05, 0) is 46.8 Å². The molecule has 0 radical (unpaired) electrons. The summed E-state index contributed by atoms with van der Waals surface area (Å²) in [5.74, 6) is -1.18. The van der Waals surface area contributed by atoms with Crippen molar-refractivity contribution >= 4 is 28.0 Å². The molecule has 12 heteroatoms. The molecule has 11 nitrogen and oxygen atoms in total. The van der Waals surface area contributed by atoms with Crippen molar-refractivity contribution in [2.75, 3.05) is 24.7 Å². The molecule has 32 heavy (non-hydrogen) atoms. The molecule has 0 aliphatic carbocycles. The number of carbonyl (C=O) groups is 3. The van der Waals surface area contributed by atoms with Crippen molar-refractivity contribution in [2.24, 2.45) is 0 Å². The van der Waals surface area contributed by atoms with Crippen molar-refractivity contribution in [1.82, 2.24) is 10.8 Å². The van der Waals surface area contributed by atoms with Gasteiger partial charge in [0.15, 0.2) is 16.4 Å². The highest BCUT2D eigenvalue weighted by atomic mass is 32.2. The number of benzene rings is 1. The van der Waals surface area contributed by atoms with Crippen molar-refractivity contribution in [1.29, 1.82) is 0 Å². The fourth-order valence-electron chi connectivity index (χ4n) is 2.22. The van der Waals surface area contributed by atoms with Crippen LogP contribution in [-0.2, 0) is 28.9 Å². The second kappa shape index (κ2) is 12.2. The van der Waals surface area contributed by atoms with Crippen molar-refractivity contribution < 1.29 is 41.8 Å². The van der Waals surface area contributed by atoms with E-state index in [1.54, 1.807) is 45.0 Å². The molecule has 1 aromatic carbocycles. The van der Waals surface area contributed by atoms with Gasteiger partial charge in [0.1, 0.15) is 17.5 Å². The number of aryl methyl sites for hydroxylation is 1. The van der Waals surface area contributed by atoms with E-state index >= 15 is 0 Å². The molecule has 0 aliphatic heterocycles. The van der Waals surface area contributed by atoms with Gasteiger partial charge < -0.3 is 19.5 Å². The quantitative estimate of drug-likeness (QED) is 0.295. The molecule has 0 aliphatic rings. The largest absolute Gasteiger partial charge is 0.514 e. The first-order chi connectivity index (χ1) is 14.8. The maximum atomic E-state index is 12.1. The van der Waals surface area contributed by atoms with Crippen LogP contribution in [0, 0.1) is 6.92 Å². The minimum Gasteiger partial charge on any atom is -0.442 e. The highest BCUT2D eigenvalue weighted by Crippen LogP contribution is 2.13. The molecular weight excluding hydrogens is 444 g/mol. The number of amides is 2. The standard InChI is InChI=1S/C20H30N2O9S/c1-14-6-8-16(9-7-14)30-19(25)29-15(2)13-32(26,27)11-10-21-17(23)12-28-22-18(24)31-20(3,4)5/h6-9,15H,10-13H2,1-5H3,(H,21,23)(H,22,24). The Kier molecular flexibility index (Phi) is 10.4. The monoisotopic (exact) mass is 474 g/mol. The van der Waals surface area contributed by atoms with E-state index < -0.39 is 52.1 Å². The molecule has 1 aromatic rings. The lowest BCUT2D eigenvalue weighted by atomic mass is 10.2. The summed E-state index contributed by atoms with van der Waals surface area (Å²) >= 11 is 0. The zero-order valence-electron chi connectivity index (χ0n) is 18.8. The third kappa shape index (κ3) is 12.7. The lowest BCUT2D eigenvalue weighted by Gasteiger charge is -2.19. The Morgan fingerprint density at radius 1 is 1.09 bits per heavy atom. The van der Waals surface area contributed by atoms with Crippen LogP contribution >= 0.6 is 0 Å². The number of hydroxylamine groups is 1. The first-order valence-corrected chi connectivity index (χ1v) is 11.6. The molecule has 1 rings (SSSR count). The third-order valence-electron chi connectivity index (χ3n) is 3.50. The number of nitrogens with one attached hydrogen (secondary N) is 2. The molecule has 1 unspecified atom stereocenters. The minimum absolute atomic E-state index is 0.183. The molecule has 0 bridgehead atoms. The van der Waals surface area contributed by atoms with Crippen LogP contribution in [0.15, 0.2) is 24.3 Å². The van der Waals surface area contributed by atoms with Crippen LogP contribution in [0.2, 0.25) is 0 Å². The number of hydrogen-bond acceptors (Lipinski definition) is 9. The van der Waals surface area contributed by atoms with Crippen LogP contribution in [0.1, 0.15) is 33.3 Å². The second-order valence-corrected chi connectivity index (χ2v) is 10.2. The number of carbonyl (C=O) groups excluding carboxylic acids is 3. The molecule has 0 saturated carbocycles. The van der Waals surface area contributed by atoms with Gasteiger partial charge in [-0.2, -0.15) is 5.48 Å². The van der Waals surface area contributed by atoms with Crippen molar-refractivity contribution in [3.63, 3.8) is 0 Å². The average molecular weight is 475 g/mol. The molecule has 0 aromatic heterocycles. The minimum atomic E-state index is -3.63. The van der Waals surface area contributed by atoms with Gasteiger partial charge in [0.2, 0.25) is 5.91 Å². The Bertz CT molecular complexity index is 877. The van der Waals surface area contributed by atoms with Crippen LogP contribution in [0.4, 0.5) is 9.59 Å². The van der Waals surface area contributed by atoms with Crippen molar-refractivity contribution in [3.05, 3.63) is 29.8 Å².